The van der Waals surface area contributed by atoms with Crippen LogP contribution in [0.2, 0.25) is 0 Å². The van der Waals surface area contributed by atoms with E-state index in [9.17, 15) is 14.4 Å². The van der Waals surface area contributed by atoms with Gasteiger partial charge < -0.3 is 24.3 Å². The maximum Gasteiger partial charge on any atom is 0.407 e. The van der Waals surface area contributed by atoms with Crippen molar-refractivity contribution in [3.05, 3.63) is 0 Å². The van der Waals surface area contributed by atoms with Gasteiger partial charge in [-0.1, -0.05) is 69.2 Å². The summed E-state index contributed by atoms with van der Waals surface area (Å²) in [5.41, 5.74) is -2.14. The SMILES string of the molecule is CCCOC(=O)C(C)(CC(C)C(C)(C)C(CC(C)(C)C)C(=O)OCCOCCNC(=O)OC(C)(C)C)C(C)(C)C. The molecular formula is C32H61NO7. The zero-order valence-electron chi connectivity index (χ0n) is 28.2. The van der Waals surface area contributed by atoms with E-state index in [1.54, 1.807) is 20.8 Å². The lowest BCUT2D eigenvalue weighted by molar-refractivity contribution is -0.166. The van der Waals surface area contributed by atoms with Crippen molar-refractivity contribution in [2.45, 2.75) is 122 Å². The van der Waals surface area contributed by atoms with E-state index < -0.39 is 22.5 Å². The molecule has 0 aromatic carbocycles. The zero-order valence-corrected chi connectivity index (χ0v) is 28.2. The number of esters is 2. The molecule has 0 fully saturated rings. The van der Waals surface area contributed by atoms with Gasteiger partial charge in [0.05, 0.1) is 31.2 Å². The highest BCUT2D eigenvalue weighted by Crippen LogP contribution is 2.51. The van der Waals surface area contributed by atoms with Crippen LogP contribution in [0.5, 0.6) is 0 Å². The Labute approximate surface area is 245 Å². The summed E-state index contributed by atoms with van der Waals surface area (Å²) in [6, 6.07) is 0. The maximum atomic E-state index is 13.5. The highest BCUT2D eigenvalue weighted by atomic mass is 16.6. The second-order valence-corrected chi connectivity index (χ2v) is 15.2. The number of hydrogen-bond donors (Lipinski definition) is 1. The van der Waals surface area contributed by atoms with Crippen LogP contribution in [0, 0.1) is 33.5 Å². The van der Waals surface area contributed by atoms with Crippen LogP contribution in [-0.2, 0) is 28.5 Å². The van der Waals surface area contributed by atoms with Crippen LogP contribution in [0.25, 0.3) is 0 Å². The van der Waals surface area contributed by atoms with E-state index in [0.29, 0.717) is 26.0 Å². The smallest absolute Gasteiger partial charge is 0.407 e. The van der Waals surface area contributed by atoms with Crippen LogP contribution in [0.1, 0.15) is 116 Å². The number of hydrogen-bond acceptors (Lipinski definition) is 7. The Balaban J connectivity index is 5.35. The molecule has 0 aliphatic carbocycles. The van der Waals surface area contributed by atoms with E-state index in [0.717, 1.165) is 6.42 Å². The fraction of sp³-hybridized carbons (Fsp3) is 0.906. The van der Waals surface area contributed by atoms with Crippen LogP contribution in [0.3, 0.4) is 0 Å². The second kappa shape index (κ2) is 15.4. The Bertz CT molecular complexity index is 802. The van der Waals surface area contributed by atoms with Crippen molar-refractivity contribution in [2.75, 3.05) is 33.0 Å². The summed E-state index contributed by atoms with van der Waals surface area (Å²) >= 11 is 0. The Hall–Kier alpha value is -1.83. The van der Waals surface area contributed by atoms with Crippen molar-refractivity contribution in [2.24, 2.45) is 33.5 Å². The molecule has 0 saturated heterocycles. The van der Waals surface area contributed by atoms with Crippen LogP contribution in [0.15, 0.2) is 0 Å². The van der Waals surface area contributed by atoms with Crippen LogP contribution in [-0.4, -0.2) is 56.6 Å². The van der Waals surface area contributed by atoms with Gasteiger partial charge in [0.1, 0.15) is 12.2 Å². The summed E-state index contributed by atoms with van der Waals surface area (Å²) in [6.07, 6.45) is 1.52. The van der Waals surface area contributed by atoms with Crippen molar-refractivity contribution >= 4 is 18.0 Å². The first-order valence-corrected chi connectivity index (χ1v) is 14.9. The van der Waals surface area contributed by atoms with Gasteiger partial charge in [0.15, 0.2) is 0 Å². The lowest BCUT2D eigenvalue weighted by Crippen LogP contribution is -2.47. The fourth-order valence-corrected chi connectivity index (χ4v) is 4.47. The van der Waals surface area contributed by atoms with Crippen molar-refractivity contribution in [3.63, 3.8) is 0 Å². The standard InChI is InChI=1S/C32H61NO7/c1-15-17-39-26(35)32(14,29(6,7)8)21-23(2)31(12,13)24(22-28(3,4)5)25(34)38-20-19-37-18-16-33-27(36)40-30(9,10)11/h23-24H,15-22H2,1-14H3,(H,33,36). The number of ether oxygens (including phenoxy) is 4. The van der Waals surface area contributed by atoms with Crippen molar-refractivity contribution in [1.29, 1.82) is 0 Å². The van der Waals surface area contributed by atoms with E-state index in [1.807, 2.05) is 13.8 Å². The first-order chi connectivity index (χ1) is 18.0. The quantitative estimate of drug-likeness (QED) is 0.126. The average Bonchev–Trinajstić information content (AvgIpc) is 2.77. The van der Waals surface area contributed by atoms with Crippen molar-refractivity contribution in [1.82, 2.24) is 5.32 Å². The number of carbonyl (C=O) groups is 3. The fourth-order valence-electron chi connectivity index (χ4n) is 4.47. The first-order valence-electron chi connectivity index (χ1n) is 14.9. The van der Waals surface area contributed by atoms with Crippen LogP contribution < -0.4 is 5.32 Å². The molecule has 0 heterocycles. The molecule has 236 valence electrons. The number of nitrogens with one attached hydrogen (secondary N) is 1. The van der Waals surface area contributed by atoms with Gasteiger partial charge in [-0.3, -0.25) is 9.59 Å². The highest BCUT2D eigenvalue weighted by Gasteiger charge is 2.50. The molecule has 40 heavy (non-hydrogen) atoms. The molecule has 0 aromatic heterocycles. The Kier molecular flexibility index (Phi) is 14.7. The molecule has 0 bridgehead atoms. The van der Waals surface area contributed by atoms with E-state index >= 15 is 0 Å². The Morgan fingerprint density at radius 2 is 1.32 bits per heavy atom. The van der Waals surface area contributed by atoms with Crippen LogP contribution >= 0.6 is 0 Å². The molecule has 0 rings (SSSR count). The summed E-state index contributed by atoms with van der Waals surface area (Å²) in [6.45, 7) is 29.6. The Morgan fingerprint density at radius 1 is 0.750 bits per heavy atom. The van der Waals surface area contributed by atoms with Gasteiger partial charge >= 0.3 is 18.0 Å². The Morgan fingerprint density at radius 3 is 1.80 bits per heavy atom. The van der Waals surface area contributed by atoms with Gasteiger partial charge in [-0.05, 0) is 69.1 Å². The van der Waals surface area contributed by atoms with Gasteiger partial charge in [-0.2, -0.15) is 0 Å². The van der Waals surface area contributed by atoms with Crippen molar-refractivity contribution in [3.8, 4) is 0 Å². The predicted octanol–water partition coefficient (Wildman–Crippen LogP) is 7.18. The molecule has 3 atom stereocenters. The van der Waals surface area contributed by atoms with Crippen LogP contribution in [0.4, 0.5) is 4.79 Å². The van der Waals surface area contributed by atoms with Gasteiger partial charge in [0.25, 0.3) is 0 Å². The summed E-state index contributed by atoms with van der Waals surface area (Å²) < 4.78 is 22.1. The zero-order chi connectivity index (χ0) is 31.6. The van der Waals surface area contributed by atoms with Crippen molar-refractivity contribution < 1.29 is 33.3 Å². The van der Waals surface area contributed by atoms with E-state index in [2.05, 4.69) is 67.6 Å². The monoisotopic (exact) mass is 571 g/mol. The maximum absolute atomic E-state index is 13.5. The predicted molar refractivity (Wildman–Crippen MR) is 160 cm³/mol. The van der Waals surface area contributed by atoms with Gasteiger partial charge in [0, 0.05) is 6.54 Å². The minimum Gasteiger partial charge on any atom is -0.465 e. The molecular weight excluding hydrogens is 510 g/mol. The van der Waals surface area contributed by atoms with E-state index in [1.165, 1.54) is 0 Å². The summed E-state index contributed by atoms with van der Waals surface area (Å²) in [5.74, 6) is -0.778. The van der Waals surface area contributed by atoms with E-state index in [-0.39, 0.29) is 54.4 Å². The summed E-state index contributed by atoms with van der Waals surface area (Å²) in [5, 5.41) is 2.64. The molecule has 8 heteroatoms. The minimum absolute atomic E-state index is 0.0287. The second-order valence-electron chi connectivity index (χ2n) is 15.2. The molecule has 0 radical (unpaired) electrons. The third kappa shape index (κ3) is 13.2. The third-order valence-electron chi connectivity index (χ3n) is 7.91. The van der Waals surface area contributed by atoms with Gasteiger partial charge in [0.2, 0.25) is 0 Å². The molecule has 1 amide bonds. The highest BCUT2D eigenvalue weighted by molar-refractivity contribution is 5.77. The topological polar surface area (TPSA) is 100 Å². The number of carbonyl (C=O) groups excluding carboxylic acids is 3. The number of amides is 1. The normalized spacial score (nSPS) is 15.9. The van der Waals surface area contributed by atoms with E-state index in [4.69, 9.17) is 18.9 Å². The minimum atomic E-state index is -0.712. The molecule has 1 N–H and O–H groups in total. The lowest BCUT2D eigenvalue weighted by atomic mass is 9.57. The first kappa shape index (κ1) is 38.2. The average molecular weight is 572 g/mol. The number of rotatable bonds is 15. The molecule has 0 saturated carbocycles. The lowest BCUT2D eigenvalue weighted by Gasteiger charge is -2.47. The molecule has 8 nitrogen and oxygen atoms in total. The molecule has 0 aliphatic heterocycles. The summed E-state index contributed by atoms with van der Waals surface area (Å²) in [7, 11) is 0. The van der Waals surface area contributed by atoms with Gasteiger partial charge in [-0.25, -0.2) is 4.79 Å². The molecule has 3 unspecified atom stereocenters. The molecule has 0 aromatic rings. The molecule has 0 aliphatic rings. The summed E-state index contributed by atoms with van der Waals surface area (Å²) in [4.78, 5) is 38.4. The largest absolute Gasteiger partial charge is 0.465 e. The number of alkyl carbamates (subject to hydrolysis) is 1. The molecule has 0 spiro atoms. The van der Waals surface area contributed by atoms with Gasteiger partial charge in [-0.15, -0.1) is 0 Å². The third-order valence-corrected chi connectivity index (χ3v) is 7.91.